The molecule has 0 aromatic heterocycles. The molecule has 1 saturated carbocycles. The fraction of sp³-hybridized carbons (Fsp3) is 0.923. The van der Waals surface area contributed by atoms with Crippen LogP contribution in [0.2, 0.25) is 0 Å². The molecule has 1 N–H and O–H groups in total. The Morgan fingerprint density at radius 2 is 2.12 bits per heavy atom. The highest BCUT2D eigenvalue weighted by molar-refractivity contribution is 7.99. The van der Waals surface area contributed by atoms with Crippen molar-refractivity contribution in [2.75, 3.05) is 5.75 Å². The van der Waals surface area contributed by atoms with Gasteiger partial charge in [-0.2, -0.15) is 11.8 Å². The Hall–Kier alpha value is -0.180. The third-order valence-corrected chi connectivity index (χ3v) is 4.82. The second-order valence-corrected chi connectivity index (χ2v) is 6.80. The quantitative estimate of drug-likeness (QED) is 0.802. The zero-order chi connectivity index (χ0) is 12.1. The van der Waals surface area contributed by atoms with E-state index in [1.54, 1.807) is 0 Å². The Labute approximate surface area is 103 Å². The molecule has 0 aliphatic heterocycles. The number of aliphatic carboxylic acids is 1. The summed E-state index contributed by atoms with van der Waals surface area (Å²) in [5.74, 6) is 1.84. The van der Waals surface area contributed by atoms with Crippen LogP contribution in [0.5, 0.6) is 0 Å². The van der Waals surface area contributed by atoms with Crippen molar-refractivity contribution in [3.8, 4) is 0 Å². The van der Waals surface area contributed by atoms with E-state index in [1.165, 1.54) is 6.42 Å². The molecule has 16 heavy (non-hydrogen) atoms. The number of rotatable bonds is 5. The molecule has 3 atom stereocenters. The first-order valence-electron chi connectivity index (χ1n) is 6.35. The topological polar surface area (TPSA) is 37.3 Å². The lowest BCUT2D eigenvalue weighted by atomic mass is 9.82. The molecule has 0 radical (unpaired) electrons. The standard InChI is InChI=1S/C13H24O2S/c1-9(2)6-7-16-12-8-10(3)4-5-11(12)13(14)15/h9-12H,4-8H2,1-3H3,(H,14,15). The van der Waals surface area contributed by atoms with Crippen molar-refractivity contribution in [3.63, 3.8) is 0 Å². The van der Waals surface area contributed by atoms with E-state index in [1.807, 2.05) is 11.8 Å². The number of carboxylic acids is 1. The van der Waals surface area contributed by atoms with E-state index >= 15 is 0 Å². The molecule has 0 heterocycles. The molecular formula is C13H24O2S. The Morgan fingerprint density at radius 3 is 2.69 bits per heavy atom. The molecule has 1 aliphatic rings. The summed E-state index contributed by atoms with van der Waals surface area (Å²) in [6.45, 7) is 6.69. The molecule has 0 aromatic carbocycles. The van der Waals surface area contributed by atoms with Gasteiger partial charge in [0.15, 0.2) is 0 Å². The van der Waals surface area contributed by atoms with Gasteiger partial charge in [-0.15, -0.1) is 0 Å². The van der Waals surface area contributed by atoms with Crippen LogP contribution in [0, 0.1) is 17.8 Å². The summed E-state index contributed by atoms with van der Waals surface area (Å²) in [5, 5.41) is 9.54. The first-order valence-corrected chi connectivity index (χ1v) is 7.40. The highest BCUT2D eigenvalue weighted by Gasteiger charge is 2.33. The van der Waals surface area contributed by atoms with E-state index in [9.17, 15) is 9.90 Å². The third-order valence-electron chi connectivity index (χ3n) is 3.40. The molecule has 0 spiro atoms. The highest BCUT2D eigenvalue weighted by Crippen LogP contribution is 2.37. The van der Waals surface area contributed by atoms with Gasteiger partial charge in [0, 0.05) is 5.25 Å². The molecule has 94 valence electrons. The van der Waals surface area contributed by atoms with Crippen molar-refractivity contribution in [2.45, 2.75) is 51.7 Å². The van der Waals surface area contributed by atoms with Crippen LogP contribution in [0.4, 0.5) is 0 Å². The van der Waals surface area contributed by atoms with Gasteiger partial charge in [-0.05, 0) is 43.3 Å². The van der Waals surface area contributed by atoms with Gasteiger partial charge in [0.1, 0.15) is 0 Å². The van der Waals surface area contributed by atoms with Crippen molar-refractivity contribution in [3.05, 3.63) is 0 Å². The first kappa shape index (κ1) is 13.9. The number of carboxylic acid groups (broad SMARTS) is 1. The zero-order valence-electron chi connectivity index (χ0n) is 10.6. The van der Waals surface area contributed by atoms with E-state index in [2.05, 4.69) is 20.8 Å². The number of hydrogen-bond donors (Lipinski definition) is 1. The van der Waals surface area contributed by atoms with Crippen molar-refractivity contribution >= 4 is 17.7 Å². The number of hydrogen-bond acceptors (Lipinski definition) is 2. The maximum absolute atomic E-state index is 11.2. The van der Waals surface area contributed by atoms with Gasteiger partial charge in [0.2, 0.25) is 0 Å². The average Bonchev–Trinajstić information content (AvgIpc) is 2.16. The molecule has 0 aromatic rings. The fourth-order valence-electron chi connectivity index (χ4n) is 2.25. The fourth-order valence-corrected chi connectivity index (χ4v) is 4.11. The third kappa shape index (κ3) is 4.36. The Kier molecular flexibility index (Phi) is 5.67. The molecule has 0 amide bonds. The summed E-state index contributed by atoms with van der Waals surface area (Å²) < 4.78 is 0. The number of thioether (sulfide) groups is 1. The van der Waals surface area contributed by atoms with Gasteiger partial charge < -0.3 is 5.11 Å². The van der Waals surface area contributed by atoms with Crippen molar-refractivity contribution < 1.29 is 9.90 Å². The van der Waals surface area contributed by atoms with Crippen LogP contribution >= 0.6 is 11.8 Å². The van der Waals surface area contributed by atoms with Crippen LogP contribution in [-0.2, 0) is 4.79 Å². The van der Waals surface area contributed by atoms with E-state index in [4.69, 9.17) is 0 Å². The summed E-state index contributed by atoms with van der Waals surface area (Å²) in [6.07, 6.45) is 4.23. The molecule has 1 rings (SSSR count). The maximum Gasteiger partial charge on any atom is 0.307 e. The lowest BCUT2D eigenvalue weighted by molar-refractivity contribution is -0.142. The van der Waals surface area contributed by atoms with Gasteiger partial charge in [0.05, 0.1) is 5.92 Å². The van der Waals surface area contributed by atoms with Gasteiger partial charge in [-0.1, -0.05) is 20.8 Å². The van der Waals surface area contributed by atoms with E-state index < -0.39 is 5.97 Å². The van der Waals surface area contributed by atoms with Crippen molar-refractivity contribution in [1.29, 1.82) is 0 Å². The normalized spacial score (nSPS) is 30.6. The molecule has 0 bridgehead atoms. The van der Waals surface area contributed by atoms with Crippen molar-refractivity contribution in [2.24, 2.45) is 17.8 Å². The van der Waals surface area contributed by atoms with Crippen LogP contribution in [0.3, 0.4) is 0 Å². The minimum absolute atomic E-state index is 0.103. The molecule has 3 heteroatoms. The monoisotopic (exact) mass is 244 g/mol. The summed E-state index contributed by atoms with van der Waals surface area (Å²) in [7, 11) is 0. The minimum atomic E-state index is -0.589. The minimum Gasteiger partial charge on any atom is -0.481 e. The largest absolute Gasteiger partial charge is 0.481 e. The molecular weight excluding hydrogens is 220 g/mol. The Bertz CT molecular complexity index is 228. The lowest BCUT2D eigenvalue weighted by Gasteiger charge is -2.32. The van der Waals surface area contributed by atoms with Crippen LogP contribution in [0.15, 0.2) is 0 Å². The van der Waals surface area contributed by atoms with Crippen LogP contribution < -0.4 is 0 Å². The molecule has 0 saturated heterocycles. The maximum atomic E-state index is 11.2. The van der Waals surface area contributed by atoms with E-state index in [0.717, 1.165) is 30.9 Å². The molecule has 1 fully saturated rings. The summed E-state index contributed by atoms with van der Waals surface area (Å²) in [5.41, 5.74) is 0. The Morgan fingerprint density at radius 1 is 1.44 bits per heavy atom. The summed E-state index contributed by atoms with van der Waals surface area (Å²) in [6, 6.07) is 0. The smallest absolute Gasteiger partial charge is 0.307 e. The highest BCUT2D eigenvalue weighted by atomic mass is 32.2. The van der Waals surface area contributed by atoms with Crippen LogP contribution in [0.1, 0.15) is 46.5 Å². The number of carbonyl (C=O) groups is 1. The van der Waals surface area contributed by atoms with Gasteiger partial charge in [-0.3, -0.25) is 4.79 Å². The van der Waals surface area contributed by atoms with Gasteiger partial charge in [-0.25, -0.2) is 0 Å². The average molecular weight is 244 g/mol. The lowest BCUT2D eigenvalue weighted by Crippen LogP contribution is -2.32. The van der Waals surface area contributed by atoms with Crippen molar-refractivity contribution in [1.82, 2.24) is 0 Å². The summed E-state index contributed by atoms with van der Waals surface area (Å²) >= 11 is 1.89. The van der Waals surface area contributed by atoms with E-state index in [-0.39, 0.29) is 5.92 Å². The predicted molar refractivity (Wildman–Crippen MR) is 69.8 cm³/mol. The van der Waals surface area contributed by atoms with Crippen LogP contribution in [-0.4, -0.2) is 22.1 Å². The van der Waals surface area contributed by atoms with Gasteiger partial charge >= 0.3 is 5.97 Å². The summed E-state index contributed by atoms with van der Waals surface area (Å²) in [4.78, 5) is 11.2. The Balaban J connectivity index is 2.41. The first-order chi connectivity index (χ1) is 7.50. The SMILES string of the molecule is CC(C)CCSC1CC(C)CCC1C(=O)O. The molecule has 3 unspecified atom stereocenters. The zero-order valence-corrected chi connectivity index (χ0v) is 11.4. The molecule has 1 aliphatic carbocycles. The van der Waals surface area contributed by atoms with Gasteiger partial charge in [0.25, 0.3) is 0 Å². The predicted octanol–water partition coefficient (Wildman–Crippen LogP) is 3.66. The molecule has 2 nitrogen and oxygen atoms in total. The second kappa shape index (κ2) is 6.53. The van der Waals surface area contributed by atoms with Crippen LogP contribution in [0.25, 0.3) is 0 Å². The van der Waals surface area contributed by atoms with E-state index in [0.29, 0.717) is 11.2 Å². The second-order valence-electron chi connectivity index (χ2n) is 5.45.